The van der Waals surface area contributed by atoms with Crippen molar-refractivity contribution in [2.45, 2.75) is 0 Å². The number of pyridine rings is 2. The van der Waals surface area contributed by atoms with Crippen molar-refractivity contribution in [1.82, 2.24) is 19.9 Å². The molecule has 0 fully saturated rings. The Bertz CT molecular complexity index is 621. The molecule has 0 saturated carbocycles. The van der Waals surface area contributed by atoms with Crippen LogP contribution >= 0.6 is 0 Å². The Morgan fingerprint density at radius 1 is 0.826 bits per heavy atom. The number of nitrogens with one attached hydrogen (secondary N) is 1. The molecule has 0 aromatic carbocycles. The molecule has 3 aromatic heterocycles. The summed E-state index contributed by atoms with van der Waals surface area (Å²) in [5.74, 6) is -1.98. The zero-order valence-electron chi connectivity index (χ0n) is 11.9. The zero-order chi connectivity index (χ0) is 16.9. The monoisotopic (exact) mass is 314 g/mol. The minimum absolute atomic E-state index is 0.0810. The molecule has 0 saturated heterocycles. The Morgan fingerprint density at radius 2 is 1.35 bits per heavy atom. The maximum Gasteiger partial charge on any atom is 0.354 e. The summed E-state index contributed by atoms with van der Waals surface area (Å²) in [7, 11) is 0. The second-order valence-corrected chi connectivity index (χ2v) is 3.80. The average molecular weight is 314 g/mol. The highest BCUT2D eigenvalue weighted by molar-refractivity contribution is 5.85. The third-order valence-corrected chi connectivity index (χ3v) is 2.17. The number of aromatic carboxylic acids is 2. The second kappa shape index (κ2) is 10.2. The lowest BCUT2D eigenvalue weighted by molar-refractivity contribution is 0.0680. The first-order valence-corrected chi connectivity index (χ1v) is 6.32. The molecule has 3 heterocycles. The van der Waals surface area contributed by atoms with Crippen LogP contribution in [0.3, 0.4) is 0 Å². The van der Waals surface area contributed by atoms with Crippen LogP contribution in [0.4, 0.5) is 0 Å². The molecule has 0 bridgehead atoms. The molecule has 0 aliphatic heterocycles. The smallest absolute Gasteiger partial charge is 0.354 e. The average Bonchev–Trinajstić information content (AvgIpc) is 3.17. The van der Waals surface area contributed by atoms with Crippen molar-refractivity contribution in [3.05, 3.63) is 78.9 Å². The van der Waals surface area contributed by atoms with E-state index in [1.54, 1.807) is 43.0 Å². The van der Waals surface area contributed by atoms with Crippen molar-refractivity contribution >= 4 is 11.9 Å². The number of H-pyrrole nitrogens is 1. The molecule has 3 aromatic rings. The van der Waals surface area contributed by atoms with Gasteiger partial charge in [0.05, 0.1) is 6.33 Å². The summed E-state index contributed by atoms with van der Waals surface area (Å²) in [5, 5.41) is 16.6. The summed E-state index contributed by atoms with van der Waals surface area (Å²) in [5.41, 5.74) is 0.162. The SMILES string of the molecule is O=C(O)c1ccccn1.O=C(O)c1ccccn1.c1c[nH]cn1. The van der Waals surface area contributed by atoms with Crippen molar-refractivity contribution in [3.8, 4) is 0 Å². The van der Waals surface area contributed by atoms with Crippen LogP contribution in [-0.2, 0) is 0 Å². The summed E-state index contributed by atoms with van der Waals surface area (Å²) in [4.78, 5) is 33.9. The van der Waals surface area contributed by atoms with Crippen LogP contribution in [0.2, 0.25) is 0 Å². The van der Waals surface area contributed by atoms with Gasteiger partial charge in [0.15, 0.2) is 0 Å². The molecule has 23 heavy (non-hydrogen) atoms. The second-order valence-electron chi connectivity index (χ2n) is 3.80. The molecule has 0 amide bonds. The first-order chi connectivity index (χ1) is 11.1. The van der Waals surface area contributed by atoms with Gasteiger partial charge in [-0.25, -0.2) is 24.5 Å². The zero-order valence-corrected chi connectivity index (χ0v) is 11.9. The Kier molecular flexibility index (Phi) is 7.77. The fourth-order valence-corrected chi connectivity index (χ4v) is 1.19. The van der Waals surface area contributed by atoms with E-state index in [2.05, 4.69) is 19.9 Å². The van der Waals surface area contributed by atoms with Crippen LogP contribution in [-0.4, -0.2) is 42.1 Å². The molecule has 3 rings (SSSR count). The van der Waals surface area contributed by atoms with E-state index in [0.717, 1.165) is 0 Å². The number of aromatic nitrogens is 4. The third kappa shape index (κ3) is 7.71. The first kappa shape index (κ1) is 17.5. The number of carboxylic acid groups (broad SMARTS) is 2. The van der Waals surface area contributed by atoms with E-state index in [0.29, 0.717) is 0 Å². The van der Waals surface area contributed by atoms with Gasteiger partial charge in [-0.15, -0.1) is 0 Å². The Balaban J connectivity index is 0.000000180. The number of hydrogen-bond donors (Lipinski definition) is 3. The van der Waals surface area contributed by atoms with Gasteiger partial charge in [-0.2, -0.15) is 0 Å². The van der Waals surface area contributed by atoms with Crippen LogP contribution in [0.1, 0.15) is 21.0 Å². The van der Waals surface area contributed by atoms with E-state index < -0.39 is 11.9 Å². The lowest BCUT2D eigenvalue weighted by Crippen LogP contribution is -1.97. The van der Waals surface area contributed by atoms with E-state index in [4.69, 9.17) is 10.2 Å². The number of aromatic amines is 1. The molecule has 8 nitrogen and oxygen atoms in total. The van der Waals surface area contributed by atoms with Crippen LogP contribution in [0.5, 0.6) is 0 Å². The molecule has 3 N–H and O–H groups in total. The van der Waals surface area contributed by atoms with Crippen molar-refractivity contribution < 1.29 is 19.8 Å². The molecule has 118 valence electrons. The standard InChI is InChI=1S/2C6H5NO2.C3H4N2/c2*8-6(9)5-3-1-2-4-7-5;1-2-5-3-4-1/h2*1-4H,(H,8,9);1-3H,(H,4,5). The molecule has 0 aliphatic rings. The van der Waals surface area contributed by atoms with Gasteiger partial charge in [0, 0.05) is 24.8 Å². The van der Waals surface area contributed by atoms with Crippen molar-refractivity contribution in [2.24, 2.45) is 0 Å². The van der Waals surface area contributed by atoms with Gasteiger partial charge in [0.2, 0.25) is 0 Å². The van der Waals surface area contributed by atoms with Gasteiger partial charge in [0.1, 0.15) is 11.4 Å². The number of carboxylic acids is 2. The molecule has 0 radical (unpaired) electrons. The van der Waals surface area contributed by atoms with E-state index in [1.807, 2.05) is 0 Å². The normalized spacial score (nSPS) is 8.70. The van der Waals surface area contributed by atoms with E-state index in [-0.39, 0.29) is 11.4 Å². The number of nitrogens with zero attached hydrogens (tertiary/aromatic N) is 3. The Hall–Kier alpha value is -3.55. The van der Waals surface area contributed by atoms with Gasteiger partial charge < -0.3 is 15.2 Å². The summed E-state index contributed by atoms with van der Waals surface area (Å²) in [6.07, 6.45) is 7.98. The minimum Gasteiger partial charge on any atom is -0.477 e. The Morgan fingerprint density at radius 3 is 1.52 bits per heavy atom. The van der Waals surface area contributed by atoms with Gasteiger partial charge in [0.25, 0.3) is 0 Å². The summed E-state index contributed by atoms with van der Waals surface area (Å²) in [6.45, 7) is 0. The molecule has 0 unspecified atom stereocenters. The molecule has 0 aliphatic carbocycles. The maximum atomic E-state index is 10.1. The van der Waals surface area contributed by atoms with Gasteiger partial charge in [-0.05, 0) is 24.3 Å². The van der Waals surface area contributed by atoms with Crippen LogP contribution in [0.25, 0.3) is 0 Å². The fourth-order valence-electron chi connectivity index (χ4n) is 1.19. The highest BCUT2D eigenvalue weighted by Crippen LogP contribution is 1.91. The largest absolute Gasteiger partial charge is 0.477 e. The van der Waals surface area contributed by atoms with Gasteiger partial charge in [-0.3, -0.25) is 0 Å². The van der Waals surface area contributed by atoms with E-state index >= 15 is 0 Å². The molecule has 0 atom stereocenters. The highest BCUT2D eigenvalue weighted by Gasteiger charge is 1.99. The third-order valence-electron chi connectivity index (χ3n) is 2.17. The maximum absolute atomic E-state index is 10.1. The van der Waals surface area contributed by atoms with Crippen molar-refractivity contribution in [1.29, 1.82) is 0 Å². The van der Waals surface area contributed by atoms with Gasteiger partial charge in [-0.1, -0.05) is 12.1 Å². The first-order valence-electron chi connectivity index (χ1n) is 6.32. The summed E-state index contributed by atoms with van der Waals surface area (Å²) >= 11 is 0. The fraction of sp³-hybridized carbons (Fsp3) is 0. The number of hydrogen-bond acceptors (Lipinski definition) is 5. The summed E-state index contributed by atoms with van der Waals surface area (Å²) in [6, 6.07) is 9.51. The number of rotatable bonds is 2. The number of carbonyl (C=O) groups is 2. The minimum atomic E-state index is -0.990. The van der Waals surface area contributed by atoms with Crippen molar-refractivity contribution in [2.75, 3.05) is 0 Å². The van der Waals surface area contributed by atoms with Crippen molar-refractivity contribution in [3.63, 3.8) is 0 Å². The van der Waals surface area contributed by atoms with E-state index in [9.17, 15) is 9.59 Å². The summed E-state index contributed by atoms with van der Waals surface area (Å²) < 4.78 is 0. The topological polar surface area (TPSA) is 129 Å². The lowest BCUT2D eigenvalue weighted by Gasteiger charge is -1.87. The van der Waals surface area contributed by atoms with Crippen LogP contribution < -0.4 is 0 Å². The molecule has 0 spiro atoms. The highest BCUT2D eigenvalue weighted by atomic mass is 16.4. The van der Waals surface area contributed by atoms with Crippen LogP contribution in [0.15, 0.2) is 67.5 Å². The molecular weight excluding hydrogens is 300 g/mol. The Labute approximate surface area is 131 Å². The number of imidazole rings is 1. The van der Waals surface area contributed by atoms with E-state index in [1.165, 1.54) is 24.5 Å². The predicted molar refractivity (Wildman–Crippen MR) is 81.0 cm³/mol. The van der Waals surface area contributed by atoms with Gasteiger partial charge >= 0.3 is 11.9 Å². The predicted octanol–water partition coefficient (Wildman–Crippen LogP) is 1.97. The molecular formula is C15H14N4O4. The lowest BCUT2D eigenvalue weighted by atomic mass is 10.4. The van der Waals surface area contributed by atoms with Crippen LogP contribution in [0, 0.1) is 0 Å². The quantitative estimate of drug-likeness (QED) is 0.659. The molecule has 8 heteroatoms.